The van der Waals surface area contributed by atoms with Crippen LogP contribution in [0.4, 0.5) is 0 Å². The number of pyridine rings is 1. The lowest BCUT2D eigenvalue weighted by atomic mass is 10.2. The van der Waals surface area contributed by atoms with Crippen molar-refractivity contribution < 1.29 is 9.47 Å². The average Bonchev–Trinajstić information content (AvgIpc) is 2.40. The van der Waals surface area contributed by atoms with Crippen LogP contribution in [-0.4, -0.2) is 31.3 Å². The van der Waals surface area contributed by atoms with Gasteiger partial charge in [0.25, 0.3) is 0 Å². The van der Waals surface area contributed by atoms with Gasteiger partial charge in [0.15, 0.2) is 0 Å². The van der Waals surface area contributed by atoms with Crippen LogP contribution in [0, 0.1) is 5.92 Å². The van der Waals surface area contributed by atoms with Crippen molar-refractivity contribution in [1.29, 1.82) is 0 Å². The molecular formula is C15H26N2O2. The third-order valence-corrected chi connectivity index (χ3v) is 2.48. The lowest BCUT2D eigenvalue weighted by Crippen LogP contribution is -2.14. The highest BCUT2D eigenvalue weighted by atomic mass is 16.5. The Kier molecular flexibility index (Phi) is 8.18. The molecule has 4 heteroatoms. The zero-order chi connectivity index (χ0) is 13.9. The Labute approximate surface area is 116 Å². The molecule has 1 rings (SSSR count). The van der Waals surface area contributed by atoms with E-state index >= 15 is 0 Å². The summed E-state index contributed by atoms with van der Waals surface area (Å²) in [5.41, 5.74) is 1.18. The Bertz CT molecular complexity index is 325. The molecule has 0 aliphatic carbocycles. The second-order valence-corrected chi connectivity index (χ2v) is 5.00. The maximum absolute atomic E-state index is 5.51. The molecule has 0 radical (unpaired) electrons. The summed E-state index contributed by atoms with van der Waals surface area (Å²) in [6.07, 6.45) is 3.00. The molecule has 1 heterocycles. The predicted octanol–water partition coefficient (Wildman–Crippen LogP) is 2.63. The van der Waals surface area contributed by atoms with E-state index in [2.05, 4.69) is 31.1 Å². The highest BCUT2D eigenvalue weighted by molar-refractivity contribution is 5.17. The number of ether oxygens (including phenoxy) is 2. The monoisotopic (exact) mass is 266 g/mol. The van der Waals surface area contributed by atoms with Gasteiger partial charge >= 0.3 is 0 Å². The topological polar surface area (TPSA) is 43.4 Å². The van der Waals surface area contributed by atoms with Crippen molar-refractivity contribution in [2.24, 2.45) is 5.92 Å². The van der Waals surface area contributed by atoms with Gasteiger partial charge in [0.05, 0.1) is 6.61 Å². The molecule has 0 fully saturated rings. The van der Waals surface area contributed by atoms with Crippen LogP contribution < -0.4 is 10.1 Å². The molecule has 0 saturated heterocycles. The van der Waals surface area contributed by atoms with E-state index in [0.29, 0.717) is 25.0 Å². The summed E-state index contributed by atoms with van der Waals surface area (Å²) in [6, 6.07) is 3.95. The Morgan fingerprint density at radius 1 is 1.26 bits per heavy atom. The van der Waals surface area contributed by atoms with Crippen LogP contribution in [0.1, 0.15) is 32.8 Å². The van der Waals surface area contributed by atoms with Gasteiger partial charge in [-0.15, -0.1) is 0 Å². The fourth-order valence-corrected chi connectivity index (χ4v) is 1.53. The second-order valence-electron chi connectivity index (χ2n) is 5.00. The van der Waals surface area contributed by atoms with Crippen molar-refractivity contribution in [1.82, 2.24) is 10.3 Å². The predicted molar refractivity (Wildman–Crippen MR) is 77.4 cm³/mol. The van der Waals surface area contributed by atoms with E-state index in [1.54, 1.807) is 0 Å². The first-order valence-corrected chi connectivity index (χ1v) is 7.08. The molecule has 0 aliphatic heterocycles. The minimum Gasteiger partial charge on any atom is -0.475 e. The smallest absolute Gasteiger partial charge is 0.213 e. The number of aromatic nitrogens is 1. The molecule has 19 heavy (non-hydrogen) atoms. The second kappa shape index (κ2) is 9.75. The largest absolute Gasteiger partial charge is 0.475 e. The third-order valence-electron chi connectivity index (χ3n) is 2.48. The molecule has 0 saturated carbocycles. The SMILES string of the molecule is CCCNCc1ccc(OCCOCC(C)C)nc1. The third kappa shape index (κ3) is 7.80. The van der Waals surface area contributed by atoms with Gasteiger partial charge in [0.2, 0.25) is 5.88 Å². The van der Waals surface area contributed by atoms with Gasteiger partial charge in [-0.3, -0.25) is 0 Å². The van der Waals surface area contributed by atoms with Crippen LogP contribution in [0.25, 0.3) is 0 Å². The molecule has 0 aliphatic rings. The first-order valence-electron chi connectivity index (χ1n) is 7.08. The van der Waals surface area contributed by atoms with E-state index in [-0.39, 0.29) is 0 Å². The average molecular weight is 266 g/mol. The minimum atomic E-state index is 0.549. The van der Waals surface area contributed by atoms with Gasteiger partial charge in [0.1, 0.15) is 6.61 Å². The van der Waals surface area contributed by atoms with Crippen LogP contribution in [0.15, 0.2) is 18.3 Å². The molecule has 0 unspecified atom stereocenters. The van der Waals surface area contributed by atoms with Crippen molar-refractivity contribution in [3.05, 3.63) is 23.9 Å². The fourth-order valence-electron chi connectivity index (χ4n) is 1.53. The van der Waals surface area contributed by atoms with Crippen molar-refractivity contribution in [2.45, 2.75) is 33.7 Å². The number of nitrogens with zero attached hydrogens (tertiary/aromatic N) is 1. The molecule has 1 aromatic rings. The summed E-state index contributed by atoms with van der Waals surface area (Å²) >= 11 is 0. The van der Waals surface area contributed by atoms with Crippen LogP contribution >= 0.6 is 0 Å². The van der Waals surface area contributed by atoms with Crippen LogP contribution in [0.2, 0.25) is 0 Å². The molecule has 0 spiro atoms. The molecule has 108 valence electrons. The quantitative estimate of drug-likeness (QED) is 0.661. The van der Waals surface area contributed by atoms with Crippen molar-refractivity contribution in [2.75, 3.05) is 26.4 Å². The summed E-state index contributed by atoms with van der Waals surface area (Å²) in [5, 5.41) is 3.34. The summed E-state index contributed by atoms with van der Waals surface area (Å²) in [7, 11) is 0. The molecule has 0 amide bonds. The van der Waals surface area contributed by atoms with Gasteiger partial charge < -0.3 is 14.8 Å². The van der Waals surface area contributed by atoms with E-state index in [1.807, 2.05) is 18.3 Å². The lowest BCUT2D eigenvalue weighted by Gasteiger charge is -2.08. The van der Waals surface area contributed by atoms with Crippen LogP contribution in [-0.2, 0) is 11.3 Å². The van der Waals surface area contributed by atoms with Crippen LogP contribution in [0.5, 0.6) is 5.88 Å². The summed E-state index contributed by atoms with van der Waals surface area (Å²) in [6.45, 7) is 10.3. The zero-order valence-corrected chi connectivity index (χ0v) is 12.3. The highest BCUT2D eigenvalue weighted by Gasteiger charge is 1.98. The number of hydrogen-bond acceptors (Lipinski definition) is 4. The van der Waals surface area contributed by atoms with Gasteiger partial charge in [0, 0.05) is 25.4 Å². The normalized spacial score (nSPS) is 10.9. The standard InChI is InChI=1S/C15H26N2O2/c1-4-7-16-10-14-5-6-15(17-11-14)19-9-8-18-12-13(2)3/h5-6,11,13,16H,4,7-10,12H2,1-3H3. The van der Waals surface area contributed by atoms with E-state index in [0.717, 1.165) is 26.1 Å². The number of nitrogens with one attached hydrogen (secondary N) is 1. The lowest BCUT2D eigenvalue weighted by molar-refractivity contribution is 0.0806. The Balaban J connectivity index is 2.17. The van der Waals surface area contributed by atoms with Gasteiger partial charge in [-0.25, -0.2) is 4.98 Å². The fraction of sp³-hybridized carbons (Fsp3) is 0.667. The van der Waals surface area contributed by atoms with E-state index in [9.17, 15) is 0 Å². The highest BCUT2D eigenvalue weighted by Crippen LogP contribution is 2.07. The molecule has 1 aromatic heterocycles. The number of hydrogen-bond donors (Lipinski definition) is 1. The first kappa shape index (κ1) is 15.9. The van der Waals surface area contributed by atoms with E-state index in [1.165, 1.54) is 5.56 Å². The van der Waals surface area contributed by atoms with Gasteiger partial charge in [-0.2, -0.15) is 0 Å². The zero-order valence-electron chi connectivity index (χ0n) is 12.3. The molecule has 1 N–H and O–H groups in total. The Morgan fingerprint density at radius 2 is 2.11 bits per heavy atom. The Morgan fingerprint density at radius 3 is 2.74 bits per heavy atom. The molecule has 0 atom stereocenters. The van der Waals surface area contributed by atoms with Crippen LogP contribution in [0.3, 0.4) is 0 Å². The summed E-state index contributed by atoms with van der Waals surface area (Å²) in [4.78, 5) is 4.27. The maximum atomic E-state index is 5.51. The maximum Gasteiger partial charge on any atom is 0.213 e. The van der Waals surface area contributed by atoms with Gasteiger partial charge in [-0.1, -0.05) is 26.8 Å². The molecule has 4 nitrogen and oxygen atoms in total. The van der Waals surface area contributed by atoms with Crippen molar-refractivity contribution >= 4 is 0 Å². The molecule has 0 bridgehead atoms. The van der Waals surface area contributed by atoms with Crippen molar-refractivity contribution in [3.8, 4) is 5.88 Å². The summed E-state index contributed by atoms with van der Waals surface area (Å²) < 4.78 is 11.0. The van der Waals surface area contributed by atoms with E-state index in [4.69, 9.17) is 9.47 Å². The Hall–Kier alpha value is -1.13. The summed E-state index contributed by atoms with van der Waals surface area (Å²) in [5.74, 6) is 1.22. The first-order chi connectivity index (χ1) is 9.22. The van der Waals surface area contributed by atoms with Crippen molar-refractivity contribution in [3.63, 3.8) is 0 Å². The minimum absolute atomic E-state index is 0.549. The molecular weight excluding hydrogens is 240 g/mol. The number of rotatable bonds is 10. The van der Waals surface area contributed by atoms with E-state index < -0.39 is 0 Å². The van der Waals surface area contributed by atoms with Gasteiger partial charge in [-0.05, 0) is 24.4 Å². The molecule has 0 aromatic carbocycles.